The van der Waals surface area contributed by atoms with E-state index in [1.54, 1.807) is 32.0 Å². The summed E-state index contributed by atoms with van der Waals surface area (Å²) in [6, 6.07) is 5.14. The Morgan fingerprint density at radius 1 is 1.07 bits per heavy atom. The van der Waals surface area contributed by atoms with Crippen LogP contribution in [-0.2, 0) is 28.7 Å². The van der Waals surface area contributed by atoms with E-state index in [1.165, 1.54) is 0 Å². The van der Waals surface area contributed by atoms with Gasteiger partial charge in [0.05, 0.1) is 18.7 Å². The summed E-state index contributed by atoms with van der Waals surface area (Å²) in [5.41, 5.74) is 0.710. The molecule has 0 saturated heterocycles. The summed E-state index contributed by atoms with van der Waals surface area (Å²) in [4.78, 5) is 42.9. The zero-order chi connectivity index (χ0) is 22.5. The van der Waals surface area contributed by atoms with Crippen LogP contribution in [0.4, 0.5) is 5.82 Å². The first-order valence-corrected chi connectivity index (χ1v) is 9.01. The first-order chi connectivity index (χ1) is 14.3. The predicted molar refractivity (Wildman–Crippen MR) is 109 cm³/mol. The molecule has 1 aromatic heterocycles. The number of nitrogens with one attached hydrogen (secondary N) is 2. The molecule has 1 amide bonds. The van der Waals surface area contributed by atoms with Gasteiger partial charge < -0.3 is 19.9 Å². The number of carbonyl (C=O) groups is 4. The minimum atomic E-state index is -1.16. The van der Waals surface area contributed by atoms with Gasteiger partial charge in [-0.3, -0.25) is 9.89 Å². The summed E-state index contributed by atoms with van der Waals surface area (Å²) in [7, 11) is 0. The SMILES string of the molecule is CCOC(=O)/C=C/C(=O)Nc1n[nH]c2cc(Cl)ccc12.CCOC(=O)/C=C/C(=O)O. The lowest BCUT2D eigenvalue weighted by atomic mass is 10.2. The highest BCUT2D eigenvalue weighted by Crippen LogP contribution is 2.23. The molecule has 2 aromatic rings. The molecule has 0 aliphatic carbocycles. The number of hydrogen-bond donors (Lipinski definition) is 3. The quantitative estimate of drug-likeness (QED) is 0.442. The maximum atomic E-state index is 11.6. The van der Waals surface area contributed by atoms with Gasteiger partial charge in [0.15, 0.2) is 5.82 Å². The fourth-order valence-electron chi connectivity index (χ4n) is 1.91. The summed E-state index contributed by atoms with van der Waals surface area (Å²) < 4.78 is 9.07. The van der Waals surface area contributed by atoms with Gasteiger partial charge in [0.25, 0.3) is 0 Å². The van der Waals surface area contributed by atoms with Crippen LogP contribution in [-0.4, -0.2) is 52.3 Å². The second-order valence-electron chi connectivity index (χ2n) is 5.26. The topological polar surface area (TPSA) is 148 Å². The third-order valence-electron chi connectivity index (χ3n) is 3.07. The summed E-state index contributed by atoms with van der Waals surface area (Å²) in [6.07, 6.45) is 3.75. The molecule has 2 rings (SSSR count). The molecular weight excluding hydrogens is 418 g/mol. The molecule has 0 bridgehead atoms. The molecule has 30 heavy (non-hydrogen) atoms. The van der Waals surface area contributed by atoms with Gasteiger partial charge in [-0.2, -0.15) is 5.10 Å². The van der Waals surface area contributed by atoms with Crippen molar-refractivity contribution in [2.45, 2.75) is 13.8 Å². The van der Waals surface area contributed by atoms with Crippen molar-refractivity contribution in [2.75, 3.05) is 18.5 Å². The Balaban J connectivity index is 0.000000382. The number of ether oxygens (including phenoxy) is 2. The van der Waals surface area contributed by atoms with E-state index in [2.05, 4.69) is 25.0 Å². The van der Waals surface area contributed by atoms with Crippen molar-refractivity contribution in [1.29, 1.82) is 0 Å². The van der Waals surface area contributed by atoms with E-state index in [9.17, 15) is 19.2 Å². The number of fused-ring (bicyclic) bond motifs is 1. The van der Waals surface area contributed by atoms with Crippen molar-refractivity contribution >= 4 is 52.1 Å². The number of nitrogens with zero attached hydrogens (tertiary/aromatic N) is 1. The van der Waals surface area contributed by atoms with Crippen molar-refractivity contribution in [3.05, 3.63) is 47.5 Å². The Labute approximate surface area is 176 Å². The standard InChI is InChI=1S/C13H12ClN3O3.C6H8O4/c1-2-20-12(19)6-5-11(18)15-13-9-4-3-8(14)7-10(9)16-17-13;1-2-10-6(9)4-3-5(7)8/h3-7H,2H2,1H3,(H2,15,16,17,18);3-4H,2H2,1H3,(H,7,8)/b6-5+;4-3+. The molecule has 11 heteroatoms. The van der Waals surface area contributed by atoms with Gasteiger partial charge >= 0.3 is 17.9 Å². The number of aromatic nitrogens is 2. The fraction of sp³-hybridized carbons (Fsp3) is 0.211. The lowest BCUT2D eigenvalue weighted by molar-refractivity contribution is -0.138. The van der Waals surface area contributed by atoms with Crippen molar-refractivity contribution in [3.63, 3.8) is 0 Å². The molecule has 0 radical (unpaired) electrons. The zero-order valence-corrected chi connectivity index (χ0v) is 16.9. The Hall–Kier alpha value is -3.66. The first-order valence-electron chi connectivity index (χ1n) is 8.64. The predicted octanol–water partition coefficient (Wildman–Crippen LogP) is 2.46. The summed E-state index contributed by atoms with van der Waals surface area (Å²) in [5, 5.41) is 18.6. The van der Waals surface area contributed by atoms with Crippen molar-refractivity contribution in [3.8, 4) is 0 Å². The number of hydrogen-bond acceptors (Lipinski definition) is 7. The molecule has 1 heterocycles. The number of aromatic amines is 1. The van der Waals surface area contributed by atoms with E-state index >= 15 is 0 Å². The van der Waals surface area contributed by atoms with E-state index in [-0.39, 0.29) is 13.2 Å². The highest BCUT2D eigenvalue weighted by Gasteiger charge is 2.08. The highest BCUT2D eigenvalue weighted by molar-refractivity contribution is 6.31. The third-order valence-corrected chi connectivity index (χ3v) is 3.31. The van der Waals surface area contributed by atoms with Gasteiger partial charge in [0.2, 0.25) is 5.91 Å². The number of carboxylic acids is 1. The van der Waals surface area contributed by atoms with Crippen LogP contribution in [0.25, 0.3) is 10.9 Å². The van der Waals surface area contributed by atoms with E-state index in [0.29, 0.717) is 16.4 Å². The van der Waals surface area contributed by atoms with Crippen LogP contribution >= 0.6 is 11.6 Å². The molecule has 3 N–H and O–H groups in total. The van der Waals surface area contributed by atoms with Crippen LogP contribution in [0, 0.1) is 0 Å². The number of carboxylic acid groups (broad SMARTS) is 1. The number of benzene rings is 1. The number of carbonyl (C=O) groups excluding carboxylic acids is 3. The second-order valence-corrected chi connectivity index (χ2v) is 5.70. The molecule has 0 fully saturated rings. The maximum Gasteiger partial charge on any atom is 0.330 e. The van der Waals surface area contributed by atoms with Crippen LogP contribution in [0.1, 0.15) is 13.8 Å². The number of amides is 1. The van der Waals surface area contributed by atoms with Gasteiger partial charge in [-0.15, -0.1) is 0 Å². The van der Waals surface area contributed by atoms with Gasteiger partial charge in [-0.25, -0.2) is 14.4 Å². The molecule has 0 unspecified atom stereocenters. The van der Waals surface area contributed by atoms with Crippen molar-refractivity contribution < 1.29 is 33.8 Å². The third kappa shape index (κ3) is 9.02. The zero-order valence-electron chi connectivity index (χ0n) is 16.2. The molecule has 160 valence electrons. The molecule has 0 aliphatic heterocycles. The molecule has 0 aliphatic rings. The molecule has 10 nitrogen and oxygen atoms in total. The van der Waals surface area contributed by atoms with E-state index in [0.717, 1.165) is 29.7 Å². The van der Waals surface area contributed by atoms with Crippen molar-refractivity contribution in [1.82, 2.24) is 10.2 Å². The number of aliphatic carboxylic acids is 1. The van der Waals surface area contributed by atoms with E-state index in [1.807, 2.05) is 0 Å². The monoisotopic (exact) mass is 437 g/mol. The molecule has 0 saturated carbocycles. The highest BCUT2D eigenvalue weighted by atomic mass is 35.5. The smallest absolute Gasteiger partial charge is 0.330 e. The minimum Gasteiger partial charge on any atom is -0.478 e. The van der Waals surface area contributed by atoms with Crippen LogP contribution in [0.15, 0.2) is 42.5 Å². The van der Waals surface area contributed by atoms with Gasteiger partial charge in [-0.1, -0.05) is 11.6 Å². The normalized spacial score (nSPS) is 10.5. The van der Waals surface area contributed by atoms with E-state index < -0.39 is 23.8 Å². The molecular formula is C19H20ClN3O7. The Bertz CT molecular complexity index is 966. The number of halogens is 1. The second kappa shape index (κ2) is 12.7. The minimum absolute atomic E-state index is 0.253. The lowest BCUT2D eigenvalue weighted by Crippen LogP contribution is -2.10. The van der Waals surface area contributed by atoms with E-state index in [4.69, 9.17) is 16.7 Å². The average molecular weight is 438 g/mol. The summed E-state index contributed by atoms with van der Waals surface area (Å²) >= 11 is 5.85. The van der Waals surface area contributed by atoms with Crippen LogP contribution in [0.5, 0.6) is 0 Å². The van der Waals surface area contributed by atoms with Crippen molar-refractivity contribution in [2.24, 2.45) is 0 Å². The molecule has 1 aromatic carbocycles. The van der Waals surface area contributed by atoms with Gasteiger partial charge in [-0.05, 0) is 32.0 Å². The van der Waals surface area contributed by atoms with Crippen LogP contribution in [0.2, 0.25) is 5.02 Å². The van der Waals surface area contributed by atoms with Crippen LogP contribution < -0.4 is 5.32 Å². The molecule has 0 atom stereocenters. The largest absolute Gasteiger partial charge is 0.478 e. The number of esters is 2. The van der Waals surface area contributed by atoms with Gasteiger partial charge in [0.1, 0.15) is 0 Å². The van der Waals surface area contributed by atoms with Crippen LogP contribution in [0.3, 0.4) is 0 Å². The Kier molecular flexibility index (Phi) is 10.3. The summed E-state index contributed by atoms with van der Waals surface area (Å²) in [5.74, 6) is -2.46. The fourth-order valence-corrected chi connectivity index (χ4v) is 2.08. The lowest BCUT2D eigenvalue weighted by Gasteiger charge is -1.98. The number of H-pyrrole nitrogens is 1. The number of rotatable bonds is 7. The Morgan fingerprint density at radius 2 is 1.67 bits per heavy atom. The summed E-state index contributed by atoms with van der Waals surface area (Å²) in [6.45, 7) is 3.84. The average Bonchev–Trinajstić information content (AvgIpc) is 3.07. The first kappa shape index (κ1) is 24.4. The Morgan fingerprint density at radius 3 is 2.23 bits per heavy atom. The van der Waals surface area contributed by atoms with Gasteiger partial charge in [0, 0.05) is 34.7 Å². The number of anilines is 1. The maximum absolute atomic E-state index is 11.6. The molecule has 0 spiro atoms.